The highest BCUT2D eigenvalue weighted by molar-refractivity contribution is 7.89. The average Bonchev–Trinajstić information content (AvgIpc) is 2.87. The second-order valence-electron chi connectivity index (χ2n) is 5.41. The molecule has 16 heavy (non-hydrogen) atoms. The topological polar surface area (TPSA) is 66.4 Å². The predicted molar refractivity (Wildman–Crippen MR) is 62.5 cm³/mol. The van der Waals surface area contributed by atoms with E-state index in [9.17, 15) is 8.42 Å². The van der Waals surface area contributed by atoms with Gasteiger partial charge < -0.3 is 5.11 Å². The van der Waals surface area contributed by atoms with Crippen LogP contribution in [0.4, 0.5) is 0 Å². The molecule has 2 rings (SSSR count). The summed E-state index contributed by atoms with van der Waals surface area (Å²) in [6.07, 6.45) is 6.31. The molecule has 0 amide bonds. The highest BCUT2D eigenvalue weighted by atomic mass is 32.2. The smallest absolute Gasteiger partial charge is 0.211 e. The molecule has 0 saturated heterocycles. The highest BCUT2D eigenvalue weighted by Gasteiger charge is 2.42. The van der Waals surface area contributed by atoms with Crippen LogP contribution in [-0.4, -0.2) is 32.4 Å². The van der Waals surface area contributed by atoms with E-state index in [2.05, 4.69) is 4.72 Å². The van der Waals surface area contributed by atoms with E-state index in [1.807, 2.05) is 0 Å². The Labute approximate surface area is 97.5 Å². The minimum Gasteiger partial charge on any atom is -0.396 e. The number of nitrogens with one attached hydrogen (secondary N) is 1. The second-order valence-corrected chi connectivity index (χ2v) is 7.26. The van der Waals surface area contributed by atoms with E-state index in [1.54, 1.807) is 0 Å². The zero-order valence-electron chi connectivity index (χ0n) is 9.61. The maximum Gasteiger partial charge on any atom is 0.211 e. The van der Waals surface area contributed by atoms with Gasteiger partial charge in [-0.25, -0.2) is 13.1 Å². The monoisotopic (exact) mass is 247 g/mol. The van der Waals surface area contributed by atoms with E-state index in [4.69, 9.17) is 5.11 Å². The lowest BCUT2D eigenvalue weighted by Crippen LogP contribution is -2.35. The van der Waals surface area contributed by atoms with Crippen molar-refractivity contribution in [2.75, 3.05) is 18.9 Å². The Balaban J connectivity index is 1.78. The first-order valence-corrected chi connectivity index (χ1v) is 7.79. The SMILES string of the molecule is O=S(=O)(CC1CCCC1)NCC1(CO)CC1. The van der Waals surface area contributed by atoms with Gasteiger partial charge in [0.05, 0.1) is 5.75 Å². The Bertz CT molecular complexity index is 329. The van der Waals surface area contributed by atoms with E-state index in [0.717, 1.165) is 25.7 Å². The minimum atomic E-state index is -3.13. The molecule has 4 nitrogen and oxygen atoms in total. The van der Waals surface area contributed by atoms with Crippen LogP contribution in [0.2, 0.25) is 0 Å². The summed E-state index contributed by atoms with van der Waals surface area (Å²) in [5, 5.41) is 9.10. The molecule has 0 aromatic rings. The summed E-state index contributed by atoms with van der Waals surface area (Å²) < 4.78 is 26.2. The van der Waals surface area contributed by atoms with E-state index in [-0.39, 0.29) is 17.8 Å². The lowest BCUT2D eigenvalue weighted by Gasteiger charge is -2.15. The van der Waals surface area contributed by atoms with Crippen molar-refractivity contribution in [3.8, 4) is 0 Å². The Morgan fingerprint density at radius 2 is 1.88 bits per heavy atom. The van der Waals surface area contributed by atoms with Crippen molar-refractivity contribution in [2.24, 2.45) is 11.3 Å². The van der Waals surface area contributed by atoms with Gasteiger partial charge in [-0.05, 0) is 31.6 Å². The van der Waals surface area contributed by atoms with Gasteiger partial charge in [-0.15, -0.1) is 0 Å². The maximum absolute atomic E-state index is 11.8. The van der Waals surface area contributed by atoms with Crippen molar-refractivity contribution in [3.05, 3.63) is 0 Å². The molecular weight excluding hydrogens is 226 g/mol. The first-order valence-electron chi connectivity index (χ1n) is 6.13. The van der Waals surface area contributed by atoms with Crippen molar-refractivity contribution >= 4 is 10.0 Å². The minimum absolute atomic E-state index is 0.0962. The van der Waals surface area contributed by atoms with Gasteiger partial charge in [-0.1, -0.05) is 12.8 Å². The summed E-state index contributed by atoms with van der Waals surface area (Å²) in [4.78, 5) is 0. The highest BCUT2D eigenvalue weighted by Crippen LogP contribution is 2.44. The number of sulfonamides is 1. The molecule has 0 aromatic heterocycles. The lowest BCUT2D eigenvalue weighted by molar-refractivity contribution is 0.213. The van der Waals surface area contributed by atoms with Gasteiger partial charge in [-0.3, -0.25) is 0 Å². The average molecular weight is 247 g/mol. The van der Waals surface area contributed by atoms with Crippen LogP contribution in [0, 0.1) is 11.3 Å². The number of aliphatic hydroxyl groups is 1. The number of aliphatic hydroxyl groups excluding tert-OH is 1. The van der Waals surface area contributed by atoms with E-state index in [1.165, 1.54) is 12.8 Å². The van der Waals surface area contributed by atoms with E-state index < -0.39 is 10.0 Å². The zero-order valence-corrected chi connectivity index (χ0v) is 10.4. The first-order chi connectivity index (χ1) is 7.55. The Kier molecular flexibility index (Phi) is 3.56. The molecule has 0 heterocycles. The van der Waals surface area contributed by atoms with Crippen molar-refractivity contribution in [3.63, 3.8) is 0 Å². The summed E-state index contributed by atoms with van der Waals surface area (Å²) >= 11 is 0. The van der Waals surface area contributed by atoms with Crippen molar-refractivity contribution in [1.29, 1.82) is 0 Å². The Morgan fingerprint density at radius 1 is 1.25 bits per heavy atom. The molecule has 0 spiro atoms. The largest absolute Gasteiger partial charge is 0.396 e. The molecule has 0 atom stereocenters. The summed E-state index contributed by atoms with van der Waals surface area (Å²) in [5.41, 5.74) is -0.136. The summed E-state index contributed by atoms with van der Waals surface area (Å²) in [7, 11) is -3.13. The normalized spacial score (nSPS) is 24.8. The number of hydrogen-bond donors (Lipinski definition) is 2. The van der Waals surface area contributed by atoms with Gasteiger partial charge >= 0.3 is 0 Å². The quantitative estimate of drug-likeness (QED) is 0.732. The molecule has 0 aromatic carbocycles. The van der Waals surface area contributed by atoms with E-state index in [0.29, 0.717) is 12.5 Å². The first kappa shape index (κ1) is 12.3. The number of rotatable bonds is 6. The van der Waals surface area contributed by atoms with Gasteiger partial charge in [0.25, 0.3) is 0 Å². The van der Waals surface area contributed by atoms with Crippen molar-refractivity contribution < 1.29 is 13.5 Å². The third-order valence-electron chi connectivity index (χ3n) is 3.89. The molecule has 0 bridgehead atoms. The standard InChI is InChI=1S/C11H21NO3S/c13-9-11(5-6-11)8-12-16(14,15)7-10-3-1-2-4-10/h10,12-13H,1-9H2. The number of hydrogen-bond acceptors (Lipinski definition) is 3. The molecule has 2 aliphatic rings. The van der Waals surface area contributed by atoms with Crippen LogP contribution in [0.1, 0.15) is 38.5 Å². The molecular formula is C11H21NO3S. The molecule has 5 heteroatoms. The van der Waals surface area contributed by atoms with Gasteiger partial charge in [0.1, 0.15) is 0 Å². The lowest BCUT2D eigenvalue weighted by atomic mass is 10.1. The third-order valence-corrected chi connectivity index (χ3v) is 5.38. The maximum atomic E-state index is 11.8. The van der Waals surface area contributed by atoms with Gasteiger partial charge in [0.2, 0.25) is 10.0 Å². The molecule has 0 aliphatic heterocycles. The van der Waals surface area contributed by atoms with Crippen LogP contribution >= 0.6 is 0 Å². The molecule has 2 N–H and O–H groups in total. The predicted octanol–water partition coefficient (Wildman–Crippen LogP) is 0.868. The third kappa shape index (κ3) is 3.18. The summed E-state index contributed by atoms with van der Waals surface area (Å²) in [5.74, 6) is 0.621. The molecule has 94 valence electrons. The fourth-order valence-electron chi connectivity index (χ4n) is 2.38. The molecule has 0 radical (unpaired) electrons. The second kappa shape index (κ2) is 4.63. The molecule has 2 aliphatic carbocycles. The van der Waals surface area contributed by atoms with Gasteiger partial charge in [0.15, 0.2) is 0 Å². The van der Waals surface area contributed by atoms with Crippen LogP contribution in [0.15, 0.2) is 0 Å². The van der Waals surface area contributed by atoms with Crippen LogP contribution in [0.3, 0.4) is 0 Å². The molecule has 0 unspecified atom stereocenters. The molecule has 2 fully saturated rings. The fraction of sp³-hybridized carbons (Fsp3) is 1.00. The summed E-state index contributed by atoms with van der Waals surface area (Å²) in [6, 6.07) is 0. The van der Waals surface area contributed by atoms with Gasteiger partial charge in [0, 0.05) is 18.6 Å². The van der Waals surface area contributed by atoms with Crippen molar-refractivity contribution in [2.45, 2.75) is 38.5 Å². The van der Waals surface area contributed by atoms with Crippen LogP contribution < -0.4 is 4.72 Å². The van der Waals surface area contributed by atoms with Gasteiger partial charge in [-0.2, -0.15) is 0 Å². The molecule has 2 saturated carbocycles. The van der Waals surface area contributed by atoms with Crippen LogP contribution in [0.25, 0.3) is 0 Å². The van der Waals surface area contributed by atoms with Crippen molar-refractivity contribution in [1.82, 2.24) is 4.72 Å². The zero-order chi connectivity index (χ0) is 11.6. The summed E-state index contributed by atoms with van der Waals surface area (Å²) in [6.45, 7) is 0.511. The Hall–Kier alpha value is -0.130. The van der Waals surface area contributed by atoms with Crippen LogP contribution in [0.5, 0.6) is 0 Å². The Morgan fingerprint density at radius 3 is 2.38 bits per heavy atom. The van der Waals surface area contributed by atoms with Crippen LogP contribution in [-0.2, 0) is 10.0 Å². The van der Waals surface area contributed by atoms with E-state index >= 15 is 0 Å². The fourth-order valence-corrected chi connectivity index (χ4v) is 3.97.